The van der Waals surface area contributed by atoms with Crippen molar-refractivity contribution in [1.82, 2.24) is 0 Å². The lowest BCUT2D eigenvalue weighted by atomic mass is 9.89. The van der Waals surface area contributed by atoms with Gasteiger partial charge in [-0.1, -0.05) is 72.8 Å². The van der Waals surface area contributed by atoms with Gasteiger partial charge in [0.05, 0.1) is 36.4 Å². The summed E-state index contributed by atoms with van der Waals surface area (Å²) in [5, 5.41) is 18.6. The van der Waals surface area contributed by atoms with E-state index in [9.17, 15) is 10.5 Å². The molecule has 44 heavy (non-hydrogen) atoms. The second-order valence-corrected chi connectivity index (χ2v) is 10.3. The molecule has 0 radical (unpaired) electrons. The van der Waals surface area contributed by atoms with Gasteiger partial charge in [0.1, 0.15) is 0 Å². The molecule has 4 heteroatoms. The SMILES string of the molecule is [C-]#[N+]c1ccc(-c2cc(-c3ccc([N+]#[C-])cc3)cc(-c3cc(-c4ccc(C#N)cc4)cc(-c4ccc(C#N)cc4)c3)c2)cc1. The second kappa shape index (κ2) is 12.0. The van der Waals surface area contributed by atoms with E-state index in [1.165, 1.54) is 0 Å². The maximum absolute atomic E-state index is 9.32. The van der Waals surface area contributed by atoms with Gasteiger partial charge in [-0.25, -0.2) is 9.69 Å². The normalized spacial score (nSPS) is 10.2. The Balaban J connectivity index is 1.57. The van der Waals surface area contributed by atoms with Crippen LogP contribution in [0.4, 0.5) is 11.4 Å². The summed E-state index contributed by atoms with van der Waals surface area (Å²) in [4.78, 5) is 7.08. The van der Waals surface area contributed by atoms with E-state index in [1.54, 1.807) is 0 Å². The van der Waals surface area contributed by atoms with Crippen LogP contribution in [-0.4, -0.2) is 0 Å². The maximum Gasteiger partial charge on any atom is 0.187 e. The Hall–Kier alpha value is -6.72. The molecular formula is C40H22N4. The summed E-state index contributed by atoms with van der Waals surface area (Å²) in [5.41, 5.74) is 12.4. The van der Waals surface area contributed by atoms with Crippen molar-refractivity contribution in [3.63, 3.8) is 0 Å². The zero-order valence-electron chi connectivity index (χ0n) is 23.5. The van der Waals surface area contributed by atoms with E-state index in [0.717, 1.165) is 55.6 Å². The number of nitrogens with zero attached hydrogens (tertiary/aromatic N) is 4. The van der Waals surface area contributed by atoms with Crippen LogP contribution in [0.25, 0.3) is 65.3 Å². The average Bonchev–Trinajstić information content (AvgIpc) is 3.11. The van der Waals surface area contributed by atoms with Crippen LogP contribution in [0.3, 0.4) is 0 Å². The third-order valence-electron chi connectivity index (χ3n) is 7.55. The number of hydrogen-bond donors (Lipinski definition) is 0. The van der Waals surface area contributed by atoms with Crippen LogP contribution in [0.1, 0.15) is 11.1 Å². The highest BCUT2D eigenvalue weighted by atomic mass is 14.6. The molecule has 0 spiro atoms. The molecule has 0 aliphatic heterocycles. The van der Waals surface area contributed by atoms with Gasteiger partial charge in [0, 0.05) is 0 Å². The summed E-state index contributed by atoms with van der Waals surface area (Å²) in [6.45, 7) is 14.7. The van der Waals surface area contributed by atoms with Crippen molar-refractivity contribution < 1.29 is 0 Å². The molecule has 0 aliphatic rings. The first kappa shape index (κ1) is 27.4. The lowest BCUT2D eigenvalue weighted by molar-refractivity contribution is 1.48. The smallest absolute Gasteiger partial charge is 0.187 e. The predicted molar refractivity (Wildman–Crippen MR) is 176 cm³/mol. The van der Waals surface area contributed by atoms with Crippen molar-refractivity contribution in [1.29, 1.82) is 10.5 Å². The minimum atomic E-state index is 0.585. The standard InChI is InChI=1S/C40H22N4/c1-43-39-15-11-31(12-16-39)35-20-36(32-13-17-40(44-2)18-14-32)24-38(23-35)37-21-33(29-7-3-27(25-41)4-8-29)19-34(22-37)30-9-5-28(26-42)6-10-30/h3-24H. The summed E-state index contributed by atoms with van der Waals surface area (Å²) in [5.74, 6) is 0. The Morgan fingerprint density at radius 3 is 0.795 bits per heavy atom. The zero-order valence-corrected chi connectivity index (χ0v) is 23.5. The van der Waals surface area contributed by atoms with Crippen molar-refractivity contribution in [2.75, 3.05) is 0 Å². The highest BCUT2D eigenvalue weighted by Gasteiger charge is 2.12. The molecule has 0 amide bonds. The molecule has 6 rings (SSSR count). The lowest BCUT2D eigenvalue weighted by Gasteiger charge is -2.15. The predicted octanol–water partition coefficient (Wildman–Crippen LogP) is 10.9. The van der Waals surface area contributed by atoms with Gasteiger partial charge >= 0.3 is 0 Å². The minimum absolute atomic E-state index is 0.585. The number of hydrogen-bond acceptors (Lipinski definition) is 2. The molecule has 0 bridgehead atoms. The molecule has 0 atom stereocenters. The minimum Gasteiger partial charge on any atom is -0.238 e. The van der Waals surface area contributed by atoms with Gasteiger partial charge in [0.25, 0.3) is 0 Å². The molecule has 0 fully saturated rings. The fourth-order valence-corrected chi connectivity index (χ4v) is 5.19. The molecule has 4 nitrogen and oxygen atoms in total. The van der Waals surface area contributed by atoms with Crippen molar-refractivity contribution in [2.24, 2.45) is 0 Å². The van der Waals surface area contributed by atoms with E-state index >= 15 is 0 Å². The molecule has 202 valence electrons. The van der Waals surface area contributed by atoms with Gasteiger partial charge in [-0.2, -0.15) is 10.5 Å². The second-order valence-electron chi connectivity index (χ2n) is 10.3. The molecule has 0 aromatic heterocycles. The van der Waals surface area contributed by atoms with Gasteiger partial charge in [-0.15, -0.1) is 0 Å². The quantitative estimate of drug-likeness (QED) is 0.198. The van der Waals surface area contributed by atoms with E-state index in [-0.39, 0.29) is 0 Å². The lowest BCUT2D eigenvalue weighted by Crippen LogP contribution is -1.89. The topological polar surface area (TPSA) is 56.3 Å². The van der Waals surface area contributed by atoms with Gasteiger partial charge in [-0.05, 0) is 116 Å². The first-order valence-corrected chi connectivity index (χ1v) is 13.8. The third kappa shape index (κ3) is 5.70. The van der Waals surface area contributed by atoms with E-state index in [4.69, 9.17) is 13.1 Å². The number of rotatable bonds is 5. The summed E-state index contributed by atoms with van der Waals surface area (Å²) in [6.07, 6.45) is 0. The van der Waals surface area contributed by atoms with Crippen molar-refractivity contribution >= 4 is 11.4 Å². The van der Waals surface area contributed by atoms with E-state index in [2.05, 4.69) is 58.2 Å². The Morgan fingerprint density at radius 1 is 0.341 bits per heavy atom. The summed E-state index contributed by atoms with van der Waals surface area (Å²) < 4.78 is 0. The van der Waals surface area contributed by atoms with Crippen molar-refractivity contribution in [2.45, 2.75) is 0 Å². The fourth-order valence-electron chi connectivity index (χ4n) is 5.19. The molecule has 0 saturated carbocycles. The molecular weight excluding hydrogens is 536 g/mol. The van der Waals surface area contributed by atoms with Crippen molar-refractivity contribution in [3.05, 3.63) is 167 Å². The van der Waals surface area contributed by atoms with Crippen molar-refractivity contribution in [3.8, 4) is 67.8 Å². The first-order valence-electron chi connectivity index (χ1n) is 13.8. The Kier molecular flexibility index (Phi) is 7.50. The third-order valence-corrected chi connectivity index (χ3v) is 7.55. The Labute approximate surface area is 256 Å². The van der Waals surface area contributed by atoms with Gasteiger partial charge in [0.2, 0.25) is 0 Å². The van der Waals surface area contributed by atoms with Crippen LogP contribution in [0.2, 0.25) is 0 Å². The van der Waals surface area contributed by atoms with Gasteiger partial charge < -0.3 is 0 Å². The van der Waals surface area contributed by atoms with Crippen LogP contribution in [0.15, 0.2) is 133 Å². The highest BCUT2D eigenvalue weighted by molar-refractivity contribution is 5.86. The maximum atomic E-state index is 9.32. The first-order chi connectivity index (χ1) is 21.6. The summed E-state index contributed by atoms with van der Waals surface area (Å²) in [7, 11) is 0. The van der Waals surface area contributed by atoms with E-state index in [0.29, 0.717) is 22.5 Å². The van der Waals surface area contributed by atoms with E-state index in [1.807, 2.05) is 97.1 Å². The average molecular weight is 559 g/mol. The fraction of sp³-hybridized carbons (Fsp3) is 0. The van der Waals surface area contributed by atoms with E-state index < -0.39 is 0 Å². The largest absolute Gasteiger partial charge is 0.238 e. The monoisotopic (exact) mass is 558 g/mol. The van der Waals surface area contributed by atoms with Crippen LogP contribution in [0.5, 0.6) is 0 Å². The number of benzene rings is 6. The molecule has 0 aliphatic carbocycles. The molecule has 0 saturated heterocycles. The molecule has 0 unspecified atom stereocenters. The molecule has 6 aromatic carbocycles. The van der Waals surface area contributed by atoms with Gasteiger partial charge in [-0.3, -0.25) is 0 Å². The Bertz CT molecular complexity index is 1850. The summed E-state index contributed by atoms with van der Waals surface area (Å²) in [6, 6.07) is 47.6. The highest BCUT2D eigenvalue weighted by Crippen LogP contribution is 2.38. The van der Waals surface area contributed by atoms with Crippen LogP contribution >= 0.6 is 0 Å². The summed E-state index contributed by atoms with van der Waals surface area (Å²) >= 11 is 0. The Morgan fingerprint density at radius 2 is 0.568 bits per heavy atom. The van der Waals surface area contributed by atoms with Crippen LogP contribution < -0.4 is 0 Å². The van der Waals surface area contributed by atoms with Crippen LogP contribution in [-0.2, 0) is 0 Å². The van der Waals surface area contributed by atoms with Crippen LogP contribution in [0, 0.1) is 35.8 Å². The molecule has 0 N–H and O–H groups in total. The molecule has 6 aromatic rings. The van der Waals surface area contributed by atoms with Gasteiger partial charge in [0.15, 0.2) is 11.4 Å². The molecule has 0 heterocycles. The number of nitriles is 2. The zero-order chi connectivity index (χ0) is 30.5.